The molecule has 0 aliphatic rings. The van der Waals surface area contributed by atoms with Crippen molar-refractivity contribution in [1.82, 2.24) is 24.5 Å². The molecule has 0 saturated carbocycles. The van der Waals surface area contributed by atoms with Crippen molar-refractivity contribution in [3.8, 4) is 11.4 Å². The number of primary amides is 1. The van der Waals surface area contributed by atoms with Crippen molar-refractivity contribution in [2.45, 2.75) is 13.8 Å². The van der Waals surface area contributed by atoms with E-state index in [9.17, 15) is 4.79 Å². The van der Waals surface area contributed by atoms with Gasteiger partial charge in [0.2, 0.25) is 0 Å². The molecule has 0 saturated heterocycles. The van der Waals surface area contributed by atoms with Gasteiger partial charge in [0, 0.05) is 30.6 Å². The molecule has 2 N–H and O–H groups in total. The lowest BCUT2D eigenvalue weighted by molar-refractivity contribution is -0.112. The Labute approximate surface area is 139 Å². The molecule has 0 atom stereocenters. The highest BCUT2D eigenvalue weighted by molar-refractivity contribution is 6.22. The molecular formula is C17H18N6O. The molecule has 7 nitrogen and oxygen atoms in total. The number of hydrogen-bond acceptors (Lipinski definition) is 4. The second-order valence-corrected chi connectivity index (χ2v) is 5.73. The summed E-state index contributed by atoms with van der Waals surface area (Å²) in [5.74, 6) is 0.0412. The van der Waals surface area contributed by atoms with Gasteiger partial charge in [0.25, 0.3) is 5.91 Å². The fraction of sp³-hybridized carbons (Fsp3) is 0.176. The van der Waals surface area contributed by atoms with E-state index in [4.69, 9.17) is 5.73 Å². The van der Waals surface area contributed by atoms with E-state index >= 15 is 0 Å². The first-order valence-corrected chi connectivity index (χ1v) is 7.43. The summed E-state index contributed by atoms with van der Waals surface area (Å²) < 4.78 is 3.09. The molecule has 3 rings (SSSR count). The minimum Gasteiger partial charge on any atom is -0.366 e. The molecule has 24 heavy (non-hydrogen) atoms. The zero-order chi connectivity index (χ0) is 17.3. The molecule has 2 aromatic heterocycles. The highest BCUT2D eigenvalue weighted by Gasteiger charge is 2.12. The highest BCUT2D eigenvalue weighted by atomic mass is 16.1. The van der Waals surface area contributed by atoms with E-state index in [1.165, 1.54) is 4.68 Å². The Bertz CT molecular complexity index is 914. The topological polar surface area (TPSA) is 91.6 Å². The zero-order valence-electron chi connectivity index (χ0n) is 13.8. The van der Waals surface area contributed by atoms with Crippen LogP contribution in [0.3, 0.4) is 0 Å². The molecule has 1 aromatic carbocycles. The summed E-state index contributed by atoms with van der Waals surface area (Å²) in [6.45, 7) is 4.06. The lowest BCUT2D eigenvalue weighted by Gasteiger charge is -2.01. The lowest BCUT2D eigenvalue weighted by Crippen LogP contribution is -2.13. The van der Waals surface area contributed by atoms with Crippen LogP contribution in [0.25, 0.3) is 23.2 Å². The van der Waals surface area contributed by atoms with Crippen LogP contribution in [0.2, 0.25) is 0 Å². The quantitative estimate of drug-likeness (QED) is 0.741. The van der Waals surface area contributed by atoms with Gasteiger partial charge < -0.3 is 5.73 Å². The summed E-state index contributed by atoms with van der Waals surface area (Å²) >= 11 is 0. The van der Waals surface area contributed by atoms with Crippen molar-refractivity contribution < 1.29 is 4.79 Å². The van der Waals surface area contributed by atoms with Gasteiger partial charge in [0.15, 0.2) is 5.82 Å². The number of carbonyl (C=O) groups excluding carboxylic acids is 1. The van der Waals surface area contributed by atoms with Crippen LogP contribution in [0.4, 0.5) is 0 Å². The second kappa shape index (κ2) is 6.11. The Morgan fingerprint density at radius 1 is 1.21 bits per heavy atom. The van der Waals surface area contributed by atoms with Crippen LogP contribution >= 0.6 is 0 Å². The lowest BCUT2D eigenvalue weighted by atomic mass is 10.1. The van der Waals surface area contributed by atoms with Crippen LogP contribution in [0, 0.1) is 13.8 Å². The third-order valence-electron chi connectivity index (χ3n) is 3.53. The summed E-state index contributed by atoms with van der Waals surface area (Å²) in [6.07, 6.45) is 6.40. The number of amides is 1. The maximum Gasteiger partial charge on any atom is 0.250 e. The highest BCUT2D eigenvalue weighted by Crippen LogP contribution is 2.19. The van der Waals surface area contributed by atoms with Crippen LogP contribution in [0.5, 0.6) is 0 Å². The van der Waals surface area contributed by atoms with Gasteiger partial charge >= 0.3 is 0 Å². The van der Waals surface area contributed by atoms with E-state index in [2.05, 4.69) is 21.2 Å². The summed E-state index contributed by atoms with van der Waals surface area (Å²) in [5.41, 5.74) is 9.65. The molecule has 122 valence electrons. The van der Waals surface area contributed by atoms with E-state index in [1.54, 1.807) is 36.7 Å². The third kappa shape index (κ3) is 3.24. The van der Waals surface area contributed by atoms with Gasteiger partial charge in [-0.3, -0.25) is 9.48 Å². The maximum atomic E-state index is 11.7. The minimum atomic E-state index is -0.550. The molecule has 0 bridgehead atoms. The van der Waals surface area contributed by atoms with Gasteiger partial charge in [-0.1, -0.05) is 17.2 Å². The smallest absolute Gasteiger partial charge is 0.250 e. The number of aromatic nitrogens is 5. The van der Waals surface area contributed by atoms with E-state index in [0.717, 1.165) is 16.7 Å². The molecule has 0 aliphatic heterocycles. The molecule has 2 heterocycles. The number of aryl methyl sites for hydroxylation is 3. The molecule has 0 fully saturated rings. The first-order chi connectivity index (χ1) is 11.4. The second-order valence-electron chi connectivity index (χ2n) is 5.73. The predicted molar refractivity (Wildman–Crippen MR) is 91.5 cm³/mol. The van der Waals surface area contributed by atoms with Crippen LogP contribution in [0.1, 0.15) is 16.7 Å². The first-order valence-electron chi connectivity index (χ1n) is 7.43. The van der Waals surface area contributed by atoms with Crippen molar-refractivity contribution >= 4 is 17.7 Å². The Morgan fingerprint density at radius 3 is 2.50 bits per heavy atom. The van der Waals surface area contributed by atoms with Crippen LogP contribution in [-0.4, -0.2) is 30.5 Å². The van der Waals surface area contributed by atoms with Crippen molar-refractivity contribution in [1.29, 1.82) is 0 Å². The average Bonchev–Trinajstić information content (AvgIpc) is 3.12. The average molecular weight is 322 g/mol. The largest absolute Gasteiger partial charge is 0.366 e. The van der Waals surface area contributed by atoms with E-state index in [1.807, 2.05) is 26.0 Å². The van der Waals surface area contributed by atoms with Gasteiger partial charge in [-0.25, -0.2) is 9.67 Å². The number of carbonyl (C=O) groups is 1. The van der Waals surface area contributed by atoms with E-state index in [0.29, 0.717) is 17.0 Å². The zero-order valence-corrected chi connectivity index (χ0v) is 13.8. The fourth-order valence-electron chi connectivity index (χ4n) is 2.55. The first kappa shape index (κ1) is 15.7. The Balaban J connectivity index is 1.98. The van der Waals surface area contributed by atoms with Crippen molar-refractivity contribution in [2.24, 2.45) is 12.8 Å². The molecular weight excluding hydrogens is 304 g/mol. The summed E-state index contributed by atoms with van der Waals surface area (Å²) in [7, 11) is 1.77. The van der Waals surface area contributed by atoms with Gasteiger partial charge in [-0.05, 0) is 26.0 Å². The van der Waals surface area contributed by atoms with Crippen LogP contribution in [-0.2, 0) is 11.8 Å². The monoisotopic (exact) mass is 322 g/mol. The Kier molecular flexibility index (Phi) is 3.99. The third-order valence-corrected chi connectivity index (χ3v) is 3.53. The van der Waals surface area contributed by atoms with E-state index < -0.39 is 5.91 Å². The number of hydrogen-bond donors (Lipinski definition) is 1. The van der Waals surface area contributed by atoms with Crippen molar-refractivity contribution in [3.05, 3.63) is 53.6 Å². The fourth-order valence-corrected chi connectivity index (χ4v) is 2.55. The maximum absolute atomic E-state index is 11.7. The number of nitrogens with two attached hydrogens (primary N) is 1. The SMILES string of the molecule is Cc1cc(C)cc(-c2ncn(/C=C(/C(N)=O)c3cnn(C)c3)n2)c1. The Hall–Kier alpha value is -3.22. The molecule has 7 heteroatoms. The molecule has 0 spiro atoms. The summed E-state index contributed by atoms with van der Waals surface area (Å²) in [4.78, 5) is 16.0. The van der Waals surface area contributed by atoms with Crippen LogP contribution in [0.15, 0.2) is 36.9 Å². The normalized spacial score (nSPS) is 11.7. The minimum absolute atomic E-state index is 0.319. The van der Waals surface area contributed by atoms with Gasteiger partial charge in [0.05, 0.1) is 11.8 Å². The van der Waals surface area contributed by atoms with Gasteiger partial charge in [0.1, 0.15) is 6.33 Å². The standard InChI is InChI=1S/C17H18N6O/c1-11-4-12(2)6-13(5-11)17-19-10-23(21-17)9-15(16(18)24)14-7-20-22(3)8-14/h4-10H,1-3H3,(H2,18,24)/b15-9+. The van der Waals surface area contributed by atoms with Crippen molar-refractivity contribution in [3.63, 3.8) is 0 Å². The van der Waals surface area contributed by atoms with E-state index in [-0.39, 0.29) is 0 Å². The van der Waals surface area contributed by atoms with Gasteiger partial charge in [-0.2, -0.15) is 5.10 Å². The number of rotatable bonds is 4. The summed E-state index contributed by atoms with van der Waals surface area (Å²) in [6, 6.07) is 6.13. The van der Waals surface area contributed by atoms with Crippen LogP contribution < -0.4 is 5.73 Å². The summed E-state index contributed by atoms with van der Waals surface area (Å²) in [5, 5.41) is 8.47. The molecule has 1 amide bonds. The van der Waals surface area contributed by atoms with Gasteiger partial charge in [-0.15, -0.1) is 5.10 Å². The molecule has 0 unspecified atom stereocenters. The predicted octanol–water partition coefficient (Wildman–Crippen LogP) is 1.78. The van der Waals surface area contributed by atoms with Crippen molar-refractivity contribution in [2.75, 3.05) is 0 Å². The Morgan fingerprint density at radius 2 is 1.92 bits per heavy atom. The number of benzene rings is 1. The molecule has 0 radical (unpaired) electrons. The molecule has 3 aromatic rings. The molecule has 0 aliphatic carbocycles. The number of nitrogens with zero attached hydrogens (tertiary/aromatic N) is 5.